The SMILES string of the molecule is FC(F)(F)CCCCNCc1ccco1. The van der Waals surface area contributed by atoms with Crippen LogP contribution in [0.2, 0.25) is 0 Å². The second kappa shape index (κ2) is 5.80. The molecule has 1 heterocycles. The van der Waals surface area contributed by atoms with Gasteiger partial charge in [0.1, 0.15) is 5.76 Å². The van der Waals surface area contributed by atoms with Gasteiger partial charge in [-0.2, -0.15) is 13.2 Å². The third-order valence-corrected chi connectivity index (χ3v) is 1.94. The average Bonchev–Trinajstić information content (AvgIpc) is 2.61. The molecule has 0 fully saturated rings. The molecule has 0 aliphatic heterocycles. The van der Waals surface area contributed by atoms with Crippen LogP contribution in [0.5, 0.6) is 0 Å². The van der Waals surface area contributed by atoms with Crippen LogP contribution in [0.1, 0.15) is 25.0 Å². The first-order chi connectivity index (χ1) is 7.08. The monoisotopic (exact) mass is 221 g/mol. The Morgan fingerprint density at radius 1 is 1.27 bits per heavy atom. The van der Waals surface area contributed by atoms with Gasteiger partial charge >= 0.3 is 6.18 Å². The quantitative estimate of drug-likeness (QED) is 0.747. The molecule has 1 aromatic rings. The van der Waals surface area contributed by atoms with Crippen LogP contribution in [0.4, 0.5) is 13.2 Å². The lowest BCUT2D eigenvalue weighted by Gasteiger charge is -2.06. The highest BCUT2D eigenvalue weighted by atomic mass is 19.4. The number of hydrogen-bond acceptors (Lipinski definition) is 2. The van der Waals surface area contributed by atoms with Crippen molar-refractivity contribution in [3.8, 4) is 0 Å². The zero-order valence-corrected chi connectivity index (χ0v) is 8.31. The summed E-state index contributed by atoms with van der Waals surface area (Å²) in [5, 5.41) is 3.01. The largest absolute Gasteiger partial charge is 0.468 e. The van der Waals surface area contributed by atoms with Crippen LogP contribution in [0.3, 0.4) is 0 Å². The second-order valence-electron chi connectivity index (χ2n) is 3.33. The zero-order valence-electron chi connectivity index (χ0n) is 8.31. The van der Waals surface area contributed by atoms with Gasteiger partial charge in [0.2, 0.25) is 0 Å². The fourth-order valence-corrected chi connectivity index (χ4v) is 1.20. The molecule has 0 bridgehead atoms. The summed E-state index contributed by atoms with van der Waals surface area (Å²) in [6.45, 7) is 1.15. The molecule has 2 nitrogen and oxygen atoms in total. The lowest BCUT2D eigenvalue weighted by atomic mass is 10.2. The minimum atomic E-state index is -4.03. The van der Waals surface area contributed by atoms with Crippen molar-refractivity contribution in [3.63, 3.8) is 0 Å². The predicted molar refractivity (Wildman–Crippen MR) is 50.3 cm³/mol. The molecule has 0 aliphatic carbocycles. The van der Waals surface area contributed by atoms with Crippen molar-refractivity contribution in [3.05, 3.63) is 24.2 Å². The summed E-state index contributed by atoms with van der Waals surface area (Å²) in [5.41, 5.74) is 0. The summed E-state index contributed by atoms with van der Waals surface area (Å²) in [6, 6.07) is 3.60. The third-order valence-electron chi connectivity index (χ3n) is 1.94. The van der Waals surface area contributed by atoms with Gasteiger partial charge in [0.05, 0.1) is 12.8 Å². The fraction of sp³-hybridized carbons (Fsp3) is 0.600. The van der Waals surface area contributed by atoms with E-state index < -0.39 is 12.6 Å². The van der Waals surface area contributed by atoms with E-state index >= 15 is 0 Å². The molecule has 0 spiro atoms. The fourth-order valence-electron chi connectivity index (χ4n) is 1.20. The van der Waals surface area contributed by atoms with Gasteiger partial charge in [-0.25, -0.2) is 0 Å². The predicted octanol–water partition coefficient (Wildman–Crippen LogP) is 3.10. The van der Waals surface area contributed by atoms with Crippen LogP contribution in [0, 0.1) is 0 Å². The number of alkyl halides is 3. The van der Waals surface area contributed by atoms with Gasteiger partial charge in [-0.1, -0.05) is 0 Å². The molecular formula is C10H14F3NO. The molecular weight excluding hydrogens is 207 g/mol. The van der Waals surface area contributed by atoms with Crippen molar-refractivity contribution >= 4 is 0 Å². The molecule has 0 aromatic carbocycles. The van der Waals surface area contributed by atoms with Crippen LogP contribution in [0.25, 0.3) is 0 Å². The Hall–Kier alpha value is -0.970. The highest BCUT2D eigenvalue weighted by Crippen LogP contribution is 2.21. The summed E-state index contributed by atoms with van der Waals surface area (Å²) in [7, 11) is 0. The topological polar surface area (TPSA) is 25.2 Å². The van der Waals surface area contributed by atoms with Crippen molar-refractivity contribution in [1.82, 2.24) is 5.32 Å². The van der Waals surface area contributed by atoms with E-state index in [0.717, 1.165) is 5.76 Å². The maximum Gasteiger partial charge on any atom is 0.389 e. The van der Waals surface area contributed by atoms with E-state index in [4.69, 9.17) is 4.42 Å². The summed E-state index contributed by atoms with van der Waals surface area (Å²) < 4.78 is 40.3. The molecule has 5 heteroatoms. The summed E-state index contributed by atoms with van der Waals surface area (Å²) in [5.74, 6) is 0.797. The van der Waals surface area contributed by atoms with E-state index in [0.29, 0.717) is 19.5 Å². The smallest absolute Gasteiger partial charge is 0.389 e. The minimum Gasteiger partial charge on any atom is -0.468 e. The Labute approximate surface area is 86.5 Å². The van der Waals surface area contributed by atoms with Gasteiger partial charge in [-0.05, 0) is 31.5 Å². The molecule has 0 aliphatic rings. The van der Waals surface area contributed by atoms with Gasteiger partial charge in [0.15, 0.2) is 0 Å². The molecule has 1 rings (SSSR count). The lowest BCUT2D eigenvalue weighted by Crippen LogP contribution is -2.15. The number of unbranched alkanes of at least 4 members (excludes halogenated alkanes) is 1. The first kappa shape index (κ1) is 12.1. The molecule has 0 atom stereocenters. The molecule has 1 N–H and O–H groups in total. The summed E-state index contributed by atoms with van der Waals surface area (Å²) in [4.78, 5) is 0. The Morgan fingerprint density at radius 2 is 2.07 bits per heavy atom. The van der Waals surface area contributed by atoms with Crippen LogP contribution in [-0.2, 0) is 6.54 Å². The van der Waals surface area contributed by atoms with E-state index in [1.54, 1.807) is 12.3 Å². The van der Waals surface area contributed by atoms with E-state index in [2.05, 4.69) is 5.32 Å². The molecule has 0 saturated carbocycles. The Balaban J connectivity index is 1.94. The lowest BCUT2D eigenvalue weighted by molar-refractivity contribution is -0.135. The maximum atomic E-state index is 11.8. The Morgan fingerprint density at radius 3 is 2.67 bits per heavy atom. The van der Waals surface area contributed by atoms with Gasteiger partial charge in [0, 0.05) is 6.42 Å². The van der Waals surface area contributed by atoms with Crippen molar-refractivity contribution in [1.29, 1.82) is 0 Å². The van der Waals surface area contributed by atoms with Gasteiger partial charge in [-0.3, -0.25) is 0 Å². The first-order valence-corrected chi connectivity index (χ1v) is 4.88. The second-order valence-corrected chi connectivity index (χ2v) is 3.33. The van der Waals surface area contributed by atoms with Gasteiger partial charge in [0.25, 0.3) is 0 Å². The van der Waals surface area contributed by atoms with Crippen LogP contribution in [-0.4, -0.2) is 12.7 Å². The van der Waals surface area contributed by atoms with Crippen LogP contribution >= 0.6 is 0 Å². The molecule has 1 aromatic heterocycles. The molecule has 0 amide bonds. The van der Waals surface area contributed by atoms with Crippen molar-refractivity contribution in [2.24, 2.45) is 0 Å². The Bertz CT molecular complexity index is 256. The maximum absolute atomic E-state index is 11.8. The standard InChI is InChI=1S/C10H14F3NO/c11-10(12,13)5-1-2-6-14-8-9-4-3-7-15-9/h3-4,7,14H,1-2,5-6,8H2. The molecule has 0 unspecified atom stereocenters. The number of hydrogen-bond donors (Lipinski definition) is 1. The highest BCUT2D eigenvalue weighted by molar-refractivity contribution is 4.97. The first-order valence-electron chi connectivity index (χ1n) is 4.88. The Kier molecular flexibility index (Phi) is 4.68. The van der Waals surface area contributed by atoms with E-state index in [1.807, 2.05) is 6.07 Å². The number of nitrogens with one attached hydrogen (secondary N) is 1. The van der Waals surface area contributed by atoms with Crippen LogP contribution in [0.15, 0.2) is 22.8 Å². The van der Waals surface area contributed by atoms with E-state index in [1.165, 1.54) is 0 Å². The normalized spacial score (nSPS) is 11.9. The highest BCUT2D eigenvalue weighted by Gasteiger charge is 2.25. The average molecular weight is 221 g/mol. The molecule has 0 radical (unpaired) electrons. The van der Waals surface area contributed by atoms with Crippen molar-refractivity contribution < 1.29 is 17.6 Å². The summed E-state index contributed by atoms with van der Waals surface area (Å²) >= 11 is 0. The van der Waals surface area contributed by atoms with Crippen molar-refractivity contribution in [2.45, 2.75) is 32.0 Å². The van der Waals surface area contributed by atoms with Gasteiger partial charge < -0.3 is 9.73 Å². The summed E-state index contributed by atoms with van der Waals surface area (Å²) in [6.07, 6.45) is -2.45. The number of furan rings is 1. The van der Waals surface area contributed by atoms with Crippen LogP contribution < -0.4 is 5.32 Å². The molecule has 15 heavy (non-hydrogen) atoms. The molecule has 0 saturated heterocycles. The minimum absolute atomic E-state index is 0.175. The number of halogens is 3. The van der Waals surface area contributed by atoms with E-state index in [9.17, 15) is 13.2 Å². The zero-order chi connectivity index (χ0) is 11.1. The van der Waals surface area contributed by atoms with Crippen molar-refractivity contribution in [2.75, 3.05) is 6.54 Å². The third kappa shape index (κ3) is 6.17. The molecule has 86 valence electrons. The number of rotatable bonds is 6. The van der Waals surface area contributed by atoms with E-state index in [-0.39, 0.29) is 6.42 Å². The van der Waals surface area contributed by atoms with Gasteiger partial charge in [-0.15, -0.1) is 0 Å².